The van der Waals surface area contributed by atoms with Gasteiger partial charge in [0, 0.05) is 35.0 Å². The second kappa shape index (κ2) is 8.57. The molecule has 2 aromatic heterocycles. The van der Waals surface area contributed by atoms with Crippen molar-refractivity contribution in [2.45, 2.75) is 6.61 Å². The minimum absolute atomic E-state index is 0.227. The fourth-order valence-corrected chi connectivity index (χ4v) is 4.03. The number of hydrogen-bond donors (Lipinski definition) is 0. The summed E-state index contributed by atoms with van der Waals surface area (Å²) in [5.41, 5.74) is 5.27. The molecule has 0 fully saturated rings. The van der Waals surface area contributed by atoms with E-state index in [1.807, 2.05) is 49.5 Å². The van der Waals surface area contributed by atoms with Crippen LogP contribution in [0.2, 0.25) is 0 Å². The van der Waals surface area contributed by atoms with Crippen LogP contribution in [0.25, 0.3) is 33.1 Å². The molecule has 7 nitrogen and oxygen atoms in total. The first-order chi connectivity index (χ1) is 16.6. The molecule has 0 saturated heterocycles. The summed E-state index contributed by atoms with van der Waals surface area (Å²) in [7, 11) is 3.46. The van der Waals surface area contributed by atoms with E-state index in [0.29, 0.717) is 22.6 Å². The maximum atomic E-state index is 9.38. The van der Waals surface area contributed by atoms with E-state index in [1.165, 1.54) is 0 Å². The maximum Gasteiger partial charge on any atom is 0.162 e. The second-order valence-electron chi connectivity index (χ2n) is 7.76. The molecule has 0 radical (unpaired) electrons. The quantitative estimate of drug-likeness (QED) is 0.372. The molecule has 0 spiro atoms. The van der Waals surface area contributed by atoms with Crippen LogP contribution in [0.15, 0.2) is 66.9 Å². The number of benzene rings is 3. The Kier molecular flexibility index (Phi) is 5.29. The third-order valence-corrected chi connectivity index (χ3v) is 5.78. The van der Waals surface area contributed by atoms with Gasteiger partial charge in [0.15, 0.2) is 11.5 Å². The smallest absolute Gasteiger partial charge is 0.162 e. The Labute approximate surface area is 196 Å². The van der Waals surface area contributed by atoms with E-state index < -0.39 is 0 Å². The Morgan fingerprint density at radius 2 is 1.76 bits per heavy atom. The van der Waals surface area contributed by atoms with E-state index in [2.05, 4.69) is 17.1 Å². The number of methoxy groups -OCH3 is 1. The lowest BCUT2D eigenvalue weighted by atomic mass is 10.0. The summed E-state index contributed by atoms with van der Waals surface area (Å²) in [5, 5.41) is 25.1. The zero-order valence-electron chi connectivity index (χ0n) is 18.6. The normalized spacial score (nSPS) is 10.7. The summed E-state index contributed by atoms with van der Waals surface area (Å²) in [6, 6.07) is 22.8. The predicted molar refractivity (Wildman–Crippen MR) is 128 cm³/mol. The number of ether oxygens (including phenoxy) is 2. The van der Waals surface area contributed by atoms with Gasteiger partial charge in [0.1, 0.15) is 12.3 Å². The zero-order chi connectivity index (χ0) is 23.7. The summed E-state index contributed by atoms with van der Waals surface area (Å²) >= 11 is 0. The maximum absolute atomic E-state index is 9.38. The Morgan fingerprint density at radius 3 is 2.50 bits per heavy atom. The predicted octanol–water partition coefficient (Wildman–Crippen LogP) is 5.12. The highest BCUT2D eigenvalue weighted by Gasteiger charge is 2.18. The van der Waals surface area contributed by atoms with Crippen LogP contribution < -0.4 is 9.47 Å². The lowest BCUT2D eigenvalue weighted by Crippen LogP contribution is -2.00. The molecular formula is C27H19N5O2. The Morgan fingerprint density at radius 1 is 0.971 bits per heavy atom. The van der Waals surface area contributed by atoms with Crippen LogP contribution in [-0.4, -0.2) is 21.9 Å². The fraction of sp³-hybridized carbons (Fsp3) is 0.111. The summed E-state index contributed by atoms with van der Waals surface area (Å²) in [6.07, 6.45) is 1.79. The lowest BCUT2D eigenvalue weighted by Gasteiger charge is -2.13. The Bertz CT molecular complexity index is 1620. The molecule has 164 valence electrons. The Balaban J connectivity index is 1.66. The van der Waals surface area contributed by atoms with Crippen LogP contribution in [-0.2, 0) is 13.7 Å². The van der Waals surface area contributed by atoms with Crippen molar-refractivity contribution >= 4 is 21.8 Å². The minimum atomic E-state index is 0.227. The van der Waals surface area contributed by atoms with E-state index in [4.69, 9.17) is 19.8 Å². The molecule has 0 N–H and O–H groups in total. The molecule has 5 aromatic rings. The van der Waals surface area contributed by atoms with Crippen LogP contribution in [0.3, 0.4) is 0 Å². The SMILES string of the molecule is COc1cc2ncc3c(c(-c4ccc(C#N)cc4)nn3C)c2cc1OCc1ccccc1C#N. The van der Waals surface area contributed by atoms with Gasteiger partial charge in [-0.2, -0.15) is 15.6 Å². The zero-order valence-corrected chi connectivity index (χ0v) is 18.6. The molecule has 7 heteroatoms. The number of nitriles is 2. The van der Waals surface area contributed by atoms with Crippen LogP contribution in [0.5, 0.6) is 11.5 Å². The summed E-state index contributed by atoms with van der Waals surface area (Å²) in [5.74, 6) is 1.10. The van der Waals surface area contributed by atoms with E-state index in [9.17, 15) is 5.26 Å². The van der Waals surface area contributed by atoms with Crippen molar-refractivity contribution in [3.63, 3.8) is 0 Å². The van der Waals surface area contributed by atoms with E-state index >= 15 is 0 Å². The number of aromatic nitrogens is 3. The molecule has 0 atom stereocenters. The van der Waals surface area contributed by atoms with Crippen molar-refractivity contribution in [1.82, 2.24) is 14.8 Å². The molecular weight excluding hydrogens is 426 g/mol. The van der Waals surface area contributed by atoms with Gasteiger partial charge in [-0.15, -0.1) is 0 Å². The van der Waals surface area contributed by atoms with Gasteiger partial charge in [0.05, 0.1) is 47.6 Å². The molecule has 34 heavy (non-hydrogen) atoms. The second-order valence-corrected chi connectivity index (χ2v) is 7.76. The third kappa shape index (κ3) is 3.56. The third-order valence-electron chi connectivity index (χ3n) is 5.78. The van der Waals surface area contributed by atoms with Gasteiger partial charge in [-0.05, 0) is 24.3 Å². The average Bonchev–Trinajstić information content (AvgIpc) is 3.23. The summed E-state index contributed by atoms with van der Waals surface area (Å²) < 4.78 is 13.5. The molecule has 0 amide bonds. The highest BCUT2D eigenvalue weighted by atomic mass is 16.5. The standard InChI is InChI=1S/C27H19N5O2/c1-32-23-15-30-22-12-24(33-2)25(34-16-20-6-4-3-5-19(20)14-29)11-21(22)26(23)27(31-32)18-9-7-17(13-28)8-10-18/h3-12,15H,16H2,1-2H3. The summed E-state index contributed by atoms with van der Waals surface area (Å²) in [4.78, 5) is 4.62. The largest absolute Gasteiger partial charge is 0.493 e. The highest BCUT2D eigenvalue weighted by molar-refractivity contribution is 6.11. The molecule has 0 aliphatic carbocycles. The molecule has 0 aliphatic heterocycles. The van der Waals surface area contributed by atoms with Gasteiger partial charge >= 0.3 is 0 Å². The molecule has 0 bridgehead atoms. The number of fused-ring (bicyclic) bond motifs is 3. The first kappa shape index (κ1) is 21.0. The number of aryl methyl sites for hydroxylation is 1. The monoisotopic (exact) mass is 445 g/mol. The molecule has 0 aliphatic rings. The van der Waals surface area contributed by atoms with Crippen molar-refractivity contribution < 1.29 is 9.47 Å². The molecule has 0 unspecified atom stereocenters. The van der Waals surface area contributed by atoms with Crippen molar-refractivity contribution in [1.29, 1.82) is 10.5 Å². The van der Waals surface area contributed by atoms with E-state index in [-0.39, 0.29) is 6.61 Å². The lowest BCUT2D eigenvalue weighted by molar-refractivity contribution is 0.285. The van der Waals surface area contributed by atoms with Gasteiger partial charge in [0.2, 0.25) is 0 Å². The Hall–Kier alpha value is -4.88. The van der Waals surface area contributed by atoms with Gasteiger partial charge in [-0.3, -0.25) is 9.67 Å². The van der Waals surface area contributed by atoms with Crippen molar-refractivity contribution in [3.8, 4) is 34.9 Å². The highest BCUT2D eigenvalue weighted by Crippen LogP contribution is 2.38. The number of hydrogen-bond acceptors (Lipinski definition) is 6. The summed E-state index contributed by atoms with van der Waals surface area (Å²) in [6.45, 7) is 0.227. The number of rotatable bonds is 5. The van der Waals surface area contributed by atoms with E-state index in [0.717, 1.165) is 38.6 Å². The van der Waals surface area contributed by atoms with Crippen molar-refractivity contribution in [2.24, 2.45) is 7.05 Å². The van der Waals surface area contributed by atoms with Gasteiger partial charge in [-0.25, -0.2) is 0 Å². The minimum Gasteiger partial charge on any atom is -0.493 e. The first-order valence-corrected chi connectivity index (χ1v) is 10.6. The molecule has 3 aromatic carbocycles. The molecule has 5 rings (SSSR count). The van der Waals surface area contributed by atoms with Gasteiger partial charge in [-0.1, -0.05) is 30.3 Å². The first-order valence-electron chi connectivity index (χ1n) is 10.6. The van der Waals surface area contributed by atoms with Crippen LogP contribution >= 0.6 is 0 Å². The van der Waals surface area contributed by atoms with Crippen molar-refractivity contribution in [3.05, 3.63) is 83.6 Å². The number of nitrogens with zero attached hydrogens (tertiary/aromatic N) is 5. The molecule has 0 saturated carbocycles. The van der Waals surface area contributed by atoms with Gasteiger partial charge in [0.25, 0.3) is 0 Å². The topological polar surface area (TPSA) is 96.8 Å². The fourth-order valence-electron chi connectivity index (χ4n) is 4.03. The van der Waals surface area contributed by atoms with Gasteiger partial charge < -0.3 is 9.47 Å². The van der Waals surface area contributed by atoms with E-state index in [1.54, 1.807) is 36.2 Å². The number of pyridine rings is 1. The van der Waals surface area contributed by atoms with Crippen molar-refractivity contribution in [2.75, 3.05) is 7.11 Å². The van der Waals surface area contributed by atoms with Crippen LogP contribution in [0, 0.1) is 22.7 Å². The van der Waals surface area contributed by atoms with Crippen LogP contribution in [0.4, 0.5) is 0 Å². The average molecular weight is 445 g/mol. The van der Waals surface area contributed by atoms with Crippen LogP contribution in [0.1, 0.15) is 16.7 Å². The molecule has 2 heterocycles.